The third-order valence-corrected chi connectivity index (χ3v) is 4.28. The second kappa shape index (κ2) is 6.61. The Bertz CT molecular complexity index is 502. The van der Waals surface area contributed by atoms with E-state index in [4.69, 9.17) is 5.11 Å². The lowest BCUT2D eigenvalue weighted by Gasteiger charge is -2.30. The molecule has 0 saturated carbocycles. The van der Waals surface area contributed by atoms with Crippen LogP contribution in [0, 0.1) is 0 Å². The van der Waals surface area contributed by atoms with Gasteiger partial charge in [-0.3, -0.25) is 9.69 Å². The van der Waals surface area contributed by atoms with Crippen LogP contribution >= 0.6 is 0 Å². The van der Waals surface area contributed by atoms with Gasteiger partial charge < -0.3 is 5.11 Å². The van der Waals surface area contributed by atoms with Gasteiger partial charge in [0.15, 0.2) is 0 Å². The van der Waals surface area contributed by atoms with E-state index in [1.54, 1.807) is 0 Å². The number of nitrogens with zero attached hydrogens (tertiary/aromatic N) is 1. The first-order valence-electron chi connectivity index (χ1n) is 7.93. The Kier molecular flexibility index (Phi) is 5.04. The van der Waals surface area contributed by atoms with Crippen molar-refractivity contribution >= 4 is 5.97 Å². The van der Waals surface area contributed by atoms with Crippen LogP contribution < -0.4 is 0 Å². The molecule has 3 heteroatoms. The van der Waals surface area contributed by atoms with Crippen molar-refractivity contribution in [1.82, 2.24) is 4.90 Å². The van der Waals surface area contributed by atoms with E-state index < -0.39 is 5.97 Å². The molecule has 0 amide bonds. The maximum atomic E-state index is 10.5. The Labute approximate surface area is 128 Å². The monoisotopic (exact) mass is 289 g/mol. The highest BCUT2D eigenvalue weighted by molar-refractivity contribution is 5.66. The van der Waals surface area contributed by atoms with Crippen LogP contribution in [0.5, 0.6) is 0 Å². The first kappa shape index (κ1) is 16.0. The fourth-order valence-electron chi connectivity index (χ4n) is 2.88. The van der Waals surface area contributed by atoms with E-state index in [0.717, 1.165) is 38.9 Å². The van der Waals surface area contributed by atoms with E-state index >= 15 is 0 Å². The summed E-state index contributed by atoms with van der Waals surface area (Å²) in [6.07, 6.45) is 3.15. The highest BCUT2D eigenvalue weighted by Gasteiger charge is 2.19. The minimum Gasteiger partial charge on any atom is -0.481 e. The van der Waals surface area contributed by atoms with E-state index in [1.807, 2.05) is 0 Å². The van der Waals surface area contributed by atoms with Gasteiger partial charge >= 0.3 is 5.97 Å². The van der Waals surface area contributed by atoms with Crippen molar-refractivity contribution in [2.45, 2.75) is 58.4 Å². The van der Waals surface area contributed by atoms with Gasteiger partial charge in [-0.1, -0.05) is 39.0 Å². The molecule has 1 N–H and O–H groups in total. The summed E-state index contributed by atoms with van der Waals surface area (Å²) in [6.45, 7) is 9.86. The van der Waals surface area contributed by atoms with Crippen LogP contribution in [0.4, 0.5) is 0 Å². The Balaban J connectivity index is 1.94. The molecule has 0 unspecified atom stereocenters. The van der Waals surface area contributed by atoms with E-state index in [2.05, 4.69) is 43.9 Å². The zero-order valence-corrected chi connectivity index (χ0v) is 13.5. The van der Waals surface area contributed by atoms with Gasteiger partial charge in [0.1, 0.15) is 0 Å². The third-order valence-electron chi connectivity index (χ3n) is 4.28. The van der Waals surface area contributed by atoms with Gasteiger partial charge in [-0.15, -0.1) is 0 Å². The lowest BCUT2D eigenvalue weighted by molar-refractivity contribution is -0.137. The van der Waals surface area contributed by atoms with Gasteiger partial charge in [-0.05, 0) is 47.9 Å². The van der Waals surface area contributed by atoms with E-state index in [1.165, 1.54) is 16.7 Å². The summed E-state index contributed by atoms with van der Waals surface area (Å²) in [4.78, 5) is 13.0. The lowest BCUT2D eigenvalue weighted by atomic mass is 9.84. The number of rotatable bonds is 5. The number of fused-ring (bicyclic) bond motifs is 1. The molecule has 0 aliphatic carbocycles. The first-order chi connectivity index (χ1) is 9.86. The molecule has 0 aromatic heterocycles. The van der Waals surface area contributed by atoms with Crippen LogP contribution in [0.2, 0.25) is 0 Å². The van der Waals surface area contributed by atoms with Gasteiger partial charge in [0.25, 0.3) is 0 Å². The van der Waals surface area contributed by atoms with Crippen LogP contribution in [0.15, 0.2) is 18.2 Å². The number of hydrogen-bond donors (Lipinski definition) is 1. The normalized spacial score (nSPS) is 15.8. The lowest BCUT2D eigenvalue weighted by Crippen LogP contribution is -2.31. The summed E-state index contributed by atoms with van der Waals surface area (Å²) < 4.78 is 0. The van der Waals surface area contributed by atoms with Crippen LogP contribution in [-0.4, -0.2) is 29.1 Å². The average Bonchev–Trinajstić information content (AvgIpc) is 2.41. The second-order valence-corrected chi connectivity index (χ2v) is 7.11. The summed E-state index contributed by atoms with van der Waals surface area (Å²) in [6, 6.07) is 6.91. The van der Waals surface area contributed by atoms with Gasteiger partial charge in [0, 0.05) is 19.5 Å². The standard InChI is InChI=1S/C18H27NO2/c1-18(2,3)16-8-7-14-9-11-19(13-15(14)12-16)10-5-4-6-17(20)21/h7-8,12H,4-6,9-11,13H2,1-3H3,(H,20,21). The topological polar surface area (TPSA) is 40.5 Å². The summed E-state index contributed by atoms with van der Waals surface area (Å²) in [5.74, 6) is -0.686. The molecule has 0 radical (unpaired) electrons. The van der Waals surface area contributed by atoms with Crippen molar-refractivity contribution in [3.05, 3.63) is 34.9 Å². The number of carboxylic acid groups (broad SMARTS) is 1. The molecule has 0 saturated heterocycles. The van der Waals surface area contributed by atoms with Crippen molar-refractivity contribution in [2.24, 2.45) is 0 Å². The minimum atomic E-state index is -0.686. The molecule has 1 aromatic carbocycles. The number of unbranched alkanes of at least 4 members (excludes halogenated alkanes) is 1. The molecule has 116 valence electrons. The molecule has 1 aromatic rings. The molecule has 0 atom stereocenters. The Hall–Kier alpha value is -1.35. The molecule has 3 nitrogen and oxygen atoms in total. The average molecular weight is 289 g/mol. The van der Waals surface area contributed by atoms with Crippen molar-refractivity contribution in [3.63, 3.8) is 0 Å². The molecule has 1 aliphatic heterocycles. The molecular weight excluding hydrogens is 262 g/mol. The number of hydrogen-bond acceptors (Lipinski definition) is 2. The van der Waals surface area contributed by atoms with E-state index in [0.29, 0.717) is 6.42 Å². The molecule has 1 aliphatic rings. The predicted molar refractivity (Wildman–Crippen MR) is 85.6 cm³/mol. The number of benzene rings is 1. The van der Waals surface area contributed by atoms with Gasteiger partial charge in [-0.25, -0.2) is 0 Å². The van der Waals surface area contributed by atoms with Gasteiger partial charge in [0.2, 0.25) is 0 Å². The van der Waals surface area contributed by atoms with Crippen molar-refractivity contribution in [2.75, 3.05) is 13.1 Å². The van der Waals surface area contributed by atoms with E-state index in [-0.39, 0.29) is 5.41 Å². The molecule has 2 rings (SSSR count). The maximum absolute atomic E-state index is 10.5. The van der Waals surface area contributed by atoms with Gasteiger partial charge in [0.05, 0.1) is 0 Å². The minimum absolute atomic E-state index is 0.193. The quantitative estimate of drug-likeness (QED) is 0.842. The number of carbonyl (C=O) groups is 1. The predicted octanol–water partition coefficient (Wildman–Crippen LogP) is 3.60. The molecule has 0 spiro atoms. The molecule has 21 heavy (non-hydrogen) atoms. The van der Waals surface area contributed by atoms with Crippen molar-refractivity contribution < 1.29 is 9.90 Å². The molecule has 0 fully saturated rings. The zero-order chi connectivity index (χ0) is 15.5. The summed E-state index contributed by atoms with van der Waals surface area (Å²) in [5.41, 5.74) is 4.52. The largest absolute Gasteiger partial charge is 0.481 e. The second-order valence-electron chi connectivity index (χ2n) is 7.11. The van der Waals surface area contributed by atoms with Crippen LogP contribution in [0.3, 0.4) is 0 Å². The summed E-state index contributed by atoms with van der Waals surface area (Å²) in [5, 5.41) is 8.67. The number of aliphatic carboxylic acids is 1. The molecule has 0 bridgehead atoms. The van der Waals surface area contributed by atoms with Crippen LogP contribution in [0.25, 0.3) is 0 Å². The van der Waals surface area contributed by atoms with Crippen molar-refractivity contribution in [3.8, 4) is 0 Å². The first-order valence-corrected chi connectivity index (χ1v) is 7.93. The zero-order valence-electron chi connectivity index (χ0n) is 13.5. The fraction of sp³-hybridized carbons (Fsp3) is 0.611. The molecular formula is C18H27NO2. The highest BCUT2D eigenvalue weighted by atomic mass is 16.4. The Morgan fingerprint density at radius 2 is 2.00 bits per heavy atom. The molecule has 1 heterocycles. The van der Waals surface area contributed by atoms with Gasteiger partial charge in [-0.2, -0.15) is 0 Å². The smallest absolute Gasteiger partial charge is 0.303 e. The third kappa shape index (κ3) is 4.57. The fourth-order valence-corrected chi connectivity index (χ4v) is 2.88. The Morgan fingerprint density at radius 3 is 2.67 bits per heavy atom. The highest BCUT2D eigenvalue weighted by Crippen LogP contribution is 2.27. The van der Waals surface area contributed by atoms with Crippen LogP contribution in [0.1, 0.15) is 56.7 Å². The van der Waals surface area contributed by atoms with Crippen molar-refractivity contribution in [1.29, 1.82) is 0 Å². The SMILES string of the molecule is CC(C)(C)c1ccc2c(c1)CN(CCCCC(=O)O)CC2. The summed E-state index contributed by atoms with van der Waals surface area (Å²) >= 11 is 0. The number of carboxylic acids is 1. The van der Waals surface area contributed by atoms with E-state index in [9.17, 15) is 4.79 Å². The summed E-state index contributed by atoms with van der Waals surface area (Å²) in [7, 11) is 0. The van der Waals surface area contributed by atoms with Crippen LogP contribution in [-0.2, 0) is 23.2 Å². The Morgan fingerprint density at radius 1 is 1.24 bits per heavy atom. The maximum Gasteiger partial charge on any atom is 0.303 e.